The van der Waals surface area contributed by atoms with Crippen LogP contribution in [0.15, 0.2) is 22.7 Å². The van der Waals surface area contributed by atoms with Gasteiger partial charge < -0.3 is 11.1 Å². The summed E-state index contributed by atoms with van der Waals surface area (Å²) >= 11 is 3.34. The Balaban J connectivity index is 2.89. The lowest BCUT2D eigenvalue weighted by Crippen LogP contribution is -2.35. The molecule has 0 saturated carbocycles. The van der Waals surface area contributed by atoms with Gasteiger partial charge in [-0.05, 0) is 31.5 Å². The maximum atomic E-state index is 13.6. The monoisotopic (exact) mass is 288 g/mol. The topological polar surface area (TPSA) is 38.0 Å². The van der Waals surface area contributed by atoms with Gasteiger partial charge in [-0.2, -0.15) is 0 Å². The predicted molar refractivity (Wildman–Crippen MR) is 68.8 cm³/mol. The van der Waals surface area contributed by atoms with Gasteiger partial charge >= 0.3 is 0 Å². The van der Waals surface area contributed by atoms with E-state index in [1.807, 2.05) is 0 Å². The summed E-state index contributed by atoms with van der Waals surface area (Å²) in [4.78, 5) is 0. The lowest BCUT2D eigenvalue weighted by molar-refractivity contribution is 0.437. The summed E-state index contributed by atoms with van der Waals surface area (Å²) in [6, 6.07) is 5.12. The molecule has 0 aliphatic carbocycles. The van der Waals surface area contributed by atoms with Crippen molar-refractivity contribution in [2.24, 2.45) is 5.73 Å². The fourth-order valence-corrected chi connectivity index (χ4v) is 1.91. The van der Waals surface area contributed by atoms with Crippen molar-refractivity contribution in [2.75, 3.05) is 6.54 Å². The second-order valence-corrected chi connectivity index (χ2v) is 4.85. The molecule has 0 bridgehead atoms. The number of hydrogen-bond acceptors (Lipinski definition) is 2. The van der Waals surface area contributed by atoms with Gasteiger partial charge in [0.1, 0.15) is 5.82 Å². The average Bonchev–Trinajstić information content (AvgIpc) is 2.29. The Morgan fingerprint density at radius 1 is 1.50 bits per heavy atom. The van der Waals surface area contributed by atoms with Gasteiger partial charge in [-0.25, -0.2) is 4.39 Å². The highest BCUT2D eigenvalue weighted by molar-refractivity contribution is 9.10. The molecular weight excluding hydrogens is 271 g/mol. The summed E-state index contributed by atoms with van der Waals surface area (Å²) in [5.74, 6) is -0.213. The van der Waals surface area contributed by atoms with E-state index >= 15 is 0 Å². The maximum Gasteiger partial charge on any atom is 0.128 e. The second kappa shape index (κ2) is 6.33. The third-order valence-corrected chi connectivity index (χ3v) is 3.16. The zero-order valence-electron chi connectivity index (χ0n) is 9.63. The van der Waals surface area contributed by atoms with Crippen LogP contribution < -0.4 is 11.1 Å². The highest BCUT2D eigenvalue weighted by atomic mass is 79.9. The van der Waals surface area contributed by atoms with Gasteiger partial charge in [-0.3, -0.25) is 0 Å². The minimum absolute atomic E-state index is 0.132. The minimum Gasteiger partial charge on any atom is -0.329 e. The molecule has 0 spiro atoms. The van der Waals surface area contributed by atoms with Crippen LogP contribution in [0.5, 0.6) is 0 Å². The highest BCUT2D eigenvalue weighted by Crippen LogP contribution is 2.21. The number of hydrogen-bond donors (Lipinski definition) is 2. The molecule has 2 atom stereocenters. The Kier molecular flexibility index (Phi) is 5.38. The van der Waals surface area contributed by atoms with E-state index in [2.05, 4.69) is 35.1 Å². The lowest BCUT2D eigenvalue weighted by atomic mass is 10.0. The fraction of sp³-hybridized carbons (Fsp3) is 0.500. The molecular formula is C12H18BrFN2. The van der Waals surface area contributed by atoms with Crippen molar-refractivity contribution in [2.45, 2.75) is 32.4 Å². The largest absolute Gasteiger partial charge is 0.329 e. The van der Waals surface area contributed by atoms with Crippen LogP contribution in [-0.2, 0) is 0 Å². The van der Waals surface area contributed by atoms with Crippen molar-refractivity contribution in [1.82, 2.24) is 5.32 Å². The lowest BCUT2D eigenvalue weighted by Gasteiger charge is -2.22. The molecule has 0 aromatic heterocycles. The molecule has 0 heterocycles. The van der Waals surface area contributed by atoms with E-state index in [4.69, 9.17) is 5.73 Å². The SMILES string of the molecule is CCC(C)NC(CN)c1cc(Br)ccc1F. The Morgan fingerprint density at radius 2 is 2.19 bits per heavy atom. The summed E-state index contributed by atoms with van der Waals surface area (Å²) in [6.07, 6.45) is 0.992. The Morgan fingerprint density at radius 3 is 2.75 bits per heavy atom. The quantitative estimate of drug-likeness (QED) is 0.874. The summed E-state index contributed by atoms with van der Waals surface area (Å²) in [6.45, 7) is 4.54. The van der Waals surface area contributed by atoms with Crippen LogP contribution in [0.4, 0.5) is 4.39 Å². The van der Waals surface area contributed by atoms with Crippen LogP contribution in [0.1, 0.15) is 31.9 Å². The first-order valence-electron chi connectivity index (χ1n) is 5.49. The van der Waals surface area contributed by atoms with Gasteiger partial charge in [0, 0.05) is 28.7 Å². The molecule has 0 saturated heterocycles. The number of benzene rings is 1. The van der Waals surface area contributed by atoms with Crippen LogP contribution in [0.2, 0.25) is 0 Å². The van der Waals surface area contributed by atoms with Crippen LogP contribution >= 0.6 is 15.9 Å². The van der Waals surface area contributed by atoms with Crippen molar-refractivity contribution in [3.8, 4) is 0 Å². The molecule has 4 heteroatoms. The van der Waals surface area contributed by atoms with Crippen molar-refractivity contribution >= 4 is 15.9 Å². The van der Waals surface area contributed by atoms with Gasteiger partial charge in [-0.15, -0.1) is 0 Å². The number of halogens is 2. The smallest absolute Gasteiger partial charge is 0.128 e. The summed E-state index contributed by atoms with van der Waals surface area (Å²) in [5, 5.41) is 3.31. The van der Waals surface area contributed by atoms with E-state index in [0.29, 0.717) is 18.2 Å². The maximum absolute atomic E-state index is 13.6. The van der Waals surface area contributed by atoms with E-state index in [0.717, 1.165) is 10.9 Å². The minimum atomic E-state index is -0.213. The fourth-order valence-electron chi connectivity index (χ4n) is 1.53. The van der Waals surface area contributed by atoms with Gasteiger partial charge in [0.25, 0.3) is 0 Å². The molecule has 2 unspecified atom stereocenters. The Labute approximate surface area is 105 Å². The second-order valence-electron chi connectivity index (χ2n) is 3.93. The van der Waals surface area contributed by atoms with E-state index in [-0.39, 0.29) is 11.9 Å². The van der Waals surface area contributed by atoms with Crippen molar-refractivity contribution < 1.29 is 4.39 Å². The molecule has 0 aliphatic rings. The van der Waals surface area contributed by atoms with Crippen molar-refractivity contribution in [3.63, 3.8) is 0 Å². The molecule has 16 heavy (non-hydrogen) atoms. The molecule has 1 rings (SSSR count). The molecule has 3 N–H and O–H groups in total. The normalized spacial score (nSPS) is 14.8. The number of nitrogens with two attached hydrogens (primary N) is 1. The number of nitrogens with one attached hydrogen (secondary N) is 1. The zero-order chi connectivity index (χ0) is 12.1. The van der Waals surface area contributed by atoms with Crippen LogP contribution in [0.25, 0.3) is 0 Å². The highest BCUT2D eigenvalue weighted by Gasteiger charge is 2.16. The van der Waals surface area contributed by atoms with E-state index in [9.17, 15) is 4.39 Å². The molecule has 0 fully saturated rings. The zero-order valence-corrected chi connectivity index (χ0v) is 11.2. The standard InChI is InChI=1S/C12H18BrFN2/c1-3-8(2)16-12(7-15)10-6-9(13)4-5-11(10)14/h4-6,8,12,16H,3,7,15H2,1-2H3. The molecule has 0 aliphatic heterocycles. The first-order chi connectivity index (χ1) is 7.58. The first kappa shape index (κ1) is 13.6. The molecule has 2 nitrogen and oxygen atoms in total. The van der Waals surface area contributed by atoms with Crippen molar-refractivity contribution in [1.29, 1.82) is 0 Å². The van der Waals surface area contributed by atoms with Gasteiger partial charge in [0.15, 0.2) is 0 Å². The molecule has 0 amide bonds. The molecule has 1 aromatic carbocycles. The van der Waals surface area contributed by atoms with E-state index in [1.165, 1.54) is 6.07 Å². The average molecular weight is 289 g/mol. The third-order valence-electron chi connectivity index (χ3n) is 2.67. The molecule has 1 aromatic rings. The first-order valence-corrected chi connectivity index (χ1v) is 6.28. The Hall–Kier alpha value is -0.450. The van der Waals surface area contributed by atoms with Gasteiger partial charge in [0.05, 0.1) is 0 Å². The summed E-state index contributed by atoms with van der Waals surface area (Å²) in [5.41, 5.74) is 6.30. The summed E-state index contributed by atoms with van der Waals surface area (Å²) < 4.78 is 14.5. The van der Waals surface area contributed by atoms with Crippen LogP contribution in [0, 0.1) is 5.82 Å². The molecule has 0 radical (unpaired) electrons. The van der Waals surface area contributed by atoms with Crippen LogP contribution in [0.3, 0.4) is 0 Å². The third kappa shape index (κ3) is 3.54. The van der Waals surface area contributed by atoms with Crippen LogP contribution in [-0.4, -0.2) is 12.6 Å². The van der Waals surface area contributed by atoms with E-state index in [1.54, 1.807) is 12.1 Å². The molecule has 90 valence electrons. The summed E-state index contributed by atoms with van der Waals surface area (Å²) in [7, 11) is 0. The van der Waals surface area contributed by atoms with Gasteiger partial charge in [0.2, 0.25) is 0 Å². The van der Waals surface area contributed by atoms with Crippen molar-refractivity contribution in [3.05, 3.63) is 34.1 Å². The predicted octanol–water partition coefficient (Wildman–Crippen LogP) is 2.98. The van der Waals surface area contributed by atoms with E-state index < -0.39 is 0 Å². The Bertz CT molecular complexity index is 344. The number of rotatable bonds is 5. The van der Waals surface area contributed by atoms with Gasteiger partial charge in [-0.1, -0.05) is 22.9 Å².